The van der Waals surface area contributed by atoms with Crippen molar-refractivity contribution in [2.75, 3.05) is 11.9 Å². The Kier molecular flexibility index (Phi) is 3.99. The lowest BCUT2D eigenvalue weighted by molar-refractivity contribution is 0.325. The van der Waals surface area contributed by atoms with Gasteiger partial charge in [-0.2, -0.15) is 10.1 Å². The summed E-state index contributed by atoms with van der Waals surface area (Å²) >= 11 is 0. The van der Waals surface area contributed by atoms with Gasteiger partial charge in [-0.1, -0.05) is 0 Å². The summed E-state index contributed by atoms with van der Waals surface area (Å²) in [6.07, 6.45) is 0. The molecule has 0 saturated heterocycles. The van der Waals surface area contributed by atoms with Gasteiger partial charge in [0.15, 0.2) is 0 Å². The third kappa shape index (κ3) is 3.21. The zero-order valence-electron chi connectivity index (χ0n) is 11.7. The van der Waals surface area contributed by atoms with Crippen LogP contribution in [0.1, 0.15) is 29.7 Å². The molecule has 0 aromatic carbocycles. The smallest absolute Gasteiger partial charge is 0.218 e. The molecule has 0 amide bonds. The van der Waals surface area contributed by atoms with E-state index < -0.39 is 0 Å². The average molecular weight is 261 g/mol. The third-order valence-electron chi connectivity index (χ3n) is 2.90. The molecule has 6 heteroatoms. The Labute approximate surface area is 112 Å². The molecule has 2 heterocycles. The van der Waals surface area contributed by atoms with Gasteiger partial charge in [0.05, 0.1) is 18.8 Å². The maximum atomic E-state index is 5.39. The molecule has 2 aromatic rings. The van der Waals surface area contributed by atoms with E-state index in [9.17, 15) is 0 Å². The predicted octanol–water partition coefficient (Wildman–Crippen LogP) is 2.14. The predicted molar refractivity (Wildman–Crippen MR) is 73.3 cm³/mol. The van der Waals surface area contributed by atoms with Crippen LogP contribution in [0.25, 0.3) is 0 Å². The summed E-state index contributed by atoms with van der Waals surface area (Å²) in [6, 6.07) is 1.80. The first-order valence-electron chi connectivity index (χ1n) is 6.33. The van der Waals surface area contributed by atoms with E-state index >= 15 is 0 Å². The van der Waals surface area contributed by atoms with Gasteiger partial charge < -0.3 is 10.1 Å². The highest BCUT2D eigenvalue weighted by Crippen LogP contribution is 2.15. The van der Waals surface area contributed by atoms with Gasteiger partial charge in [0.25, 0.3) is 0 Å². The van der Waals surface area contributed by atoms with Crippen molar-refractivity contribution in [1.29, 1.82) is 0 Å². The van der Waals surface area contributed by atoms with Gasteiger partial charge in [-0.25, -0.2) is 4.98 Å². The standard InChI is InChI=1S/C13H19N5O/c1-5-19-13-6-12(15-10(4)16-13)14-7-11-8(2)9(3)17-18-11/h6H,5,7H2,1-4H3,(H,17,18)(H,14,15,16). The van der Waals surface area contributed by atoms with Gasteiger partial charge in [0, 0.05) is 11.8 Å². The van der Waals surface area contributed by atoms with Crippen LogP contribution in [-0.2, 0) is 6.54 Å². The summed E-state index contributed by atoms with van der Waals surface area (Å²) in [5, 5.41) is 10.5. The van der Waals surface area contributed by atoms with E-state index in [1.54, 1.807) is 6.07 Å². The molecule has 0 aliphatic heterocycles. The van der Waals surface area contributed by atoms with Gasteiger partial charge in [-0.15, -0.1) is 0 Å². The van der Waals surface area contributed by atoms with Crippen molar-refractivity contribution >= 4 is 5.82 Å². The van der Waals surface area contributed by atoms with Crippen LogP contribution in [0.3, 0.4) is 0 Å². The number of hydrogen-bond acceptors (Lipinski definition) is 5. The monoisotopic (exact) mass is 261 g/mol. The van der Waals surface area contributed by atoms with Crippen molar-refractivity contribution in [1.82, 2.24) is 20.2 Å². The minimum Gasteiger partial charge on any atom is -0.478 e. The van der Waals surface area contributed by atoms with Gasteiger partial charge in [0.2, 0.25) is 5.88 Å². The van der Waals surface area contributed by atoms with Crippen LogP contribution in [0, 0.1) is 20.8 Å². The van der Waals surface area contributed by atoms with Crippen molar-refractivity contribution in [3.63, 3.8) is 0 Å². The second-order valence-corrected chi connectivity index (χ2v) is 4.35. The zero-order valence-corrected chi connectivity index (χ0v) is 11.7. The Morgan fingerprint density at radius 2 is 2.05 bits per heavy atom. The lowest BCUT2D eigenvalue weighted by atomic mass is 10.2. The van der Waals surface area contributed by atoms with Crippen LogP contribution in [0.5, 0.6) is 5.88 Å². The number of nitrogens with one attached hydrogen (secondary N) is 2. The fourth-order valence-corrected chi connectivity index (χ4v) is 1.73. The SMILES string of the molecule is CCOc1cc(NCc2n[nH]c(C)c2C)nc(C)n1. The number of rotatable bonds is 5. The molecule has 0 saturated carbocycles. The van der Waals surface area contributed by atoms with Crippen molar-refractivity contribution in [2.45, 2.75) is 34.2 Å². The molecule has 0 atom stereocenters. The number of aryl methyl sites for hydroxylation is 2. The summed E-state index contributed by atoms with van der Waals surface area (Å²) in [5.74, 6) is 2.02. The third-order valence-corrected chi connectivity index (χ3v) is 2.90. The molecule has 2 rings (SSSR count). The van der Waals surface area contributed by atoms with Crippen molar-refractivity contribution in [3.05, 3.63) is 28.8 Å². The minimum atomic E-state index is 0.590. The molecule has 19 heavy (non-hydrogen) atoms. The van der Waals surface area contributed by atoms with Gasteiger partial charge in [-0.05, 0) is 33.3 Å². The Bertz CT molecular complexity index is 564. The van der Waals surface area contributed by atoms with Gasteiger partial charge in [-0.3, -0.25) is 5.10 Å². The van der Waals surface area contributed by atoms with E-state index in [4.69, 9.17) is 4.74 Å². The Morgan fingerprint density at radius 1 is 1.26 bits per heavy atom. The van der Waals surface area contributed by atoms with E-state index in [2.05, 4.69) is 25.5 Å². The second kappa shape index (κ2) is 5.69. The largest absolute Gasteiger partial charge is 0.478 e. The van der Waals surface area contributed by atoms with E-state index in [0.717, 1.165) is 17.2 Å². The lowest BCUT2D eigenvalue weighted by Crippen LogP contribution is -2.06. The molecule has 0 aliphatic rings. The number of H-pyrrole nitrogens is 1. The first-order valence-corrected chi connectivity index (χ1v) is 6.33. The van der Waals surface area contributed by atoms with Crippen LogP contribution >= 0.6 is 0 Å². The molecule has 0 radical (unpaired) electrons. The molecular weight excluding hydrogens is 242 g/mol. The van der Waals surface area contributed by atoms with E-state index in [1.165, 1.54) is 5.56 Å². The quantitative estimate of drug-likeness (QED) is 0.862. The van der Waals surface area contributed by atoms with Gasteiger partial charge in [0.1, 0.15) is 11.6 Å². The summed E-state index contributed by atoms with van der Waals surface area (Å²) in [7, 11) is 0. The highest BCUT2D eigenvalue weighted by atomic mass is 16.5. The van der Waals surface area contributed by atoms with Crippen LogP contribution < -0.4 is 10.1 Å². The van der Waals surface area contributed by atoms with E-state index in [0.29, 0.717) is 24.9 Å². The normalized spacial score (nSPS) is 10.5. The molecule has 102 valence electrons. The highest BCUT2D eigenvalue weighted by Gasteiger charge is 2.07. The number of hydrogen-bond donors (Lipinski definition) is 2. The Morgan fingerprint density at radius 3 is 2.68 bits per heavy atom. The van der Waals surface area contributed by atoms with Crippen LogP contribution in [0.15, 0.2) is 6.07 Å². The minimum absolute atomic E-state index is 0.590. The second-order valence-electron chi connectivity index (χ2n) is 4.35. The molecule has 0 unspecified atom stereocenters. The fraction of sp³-hybridized carbons (Fsp3) is 0.462. The van der Waals surface area contributed by atoms with Crippen LogP contribution in [-0.4, -0.2) is 26.8 Å². The van der Waals surface area contributed by atoms with Crippen molar-refractivity contribution in [3.8, 4) is 5.88 Å². The molecule has 0 spiro atoms. The molecule has 2 N–H and O–H groups in total. The number of nitrogens with zero attached hydrogens (tertiary/aromatic N) is 3. The Balaban J connectivity index is 2.08. The van der Waals surface area contributed by atoms with Gasteiger partial charge >= 0.3 is 0 Å². The van der Waals surface area contributed by atoms with E-state index in [1.807, 2.05) is 27.7 Å². The van der Waals surface area contributed by atoms with Crippen molar-refractivity contribution in [2.24, 2.45) is 0 Å². The van der Waals surface area contributed by atoms with E-state index in [-0.39, 0.29) is 0 Å². The number of anilines is 1. The topological polar surface area (TPSA) is 75.7 Å². The molecular formula is C13H19N5O. The lowest BCUT2D eigenvalue weighted by Gasteiger charge is -2.08. The van der Waals surface area contributed by atoms with Crippen LogP contribution in [0.4, 0.5) is 5.82 Å². The first kappa shape index (κ1) is 13.3. The Hall–Kier alpha value is -2.11. The summed E-state index contributed by atoms with van der Waals surface area (Å²) in [6.45, 7) is 9.05. The number of ether oxygens (including phenoxy) is 1. The summed E-state index contributed by atoms with van der Waals surface area (Å²) < 4.78 is 5.39. The van der Waals surface area contributed by atoms with Crippen molar-refractivity contribution < 1.29 is 4.74 Å². The summed E-state index contributed by atoms with van der Waals surface area (Å²) in [5.41, 5.74) is 3.25. The molecule has 2 aromatic heterocycles. The average Bonchev–Trinajstić information content (AvgIpc) is 2.67. The first-order chi connectivity index (χ1) is 9.10. The fourth-order valence-electron chi connectivity index (χ4n) is 1.73. The number of aromatic nitrogens is 4. The molecule has 0 bridgehead atoms. The maximum Gasteiger partial charge on any atom is 0.218 e. The molecule has 0 aliphatic carbocycles. The maximum absolute atomic E-state index is 5.39. The zero-order chi connectivity index (χ0) is 13.8. The molecule has 6 nitrogen and oxygen atoms in total. The molecule has 0 fully saturated rings. The number of aromatic amines is 1. The highest BCUT2D eigenvalue weighted by molar-refractivity contribution is 5.39. The summed E-state index contributed by atoms with van der Waals surface area (Å²) in [4.78, 5) is 8.53. The van der Waals surface area contributed by atoms with Crippen LogP contribution in [0.2, 0.25) is 0 Å².